The van der Waals surface area contributed by atoms with Crippen molar-refractivity contribution in [3.63, 3.8) is 0 Å². The van der Waals surface area contributed by atoms with Gasteiger partial charge in [0.15, 0.2) is 5.96 Å². The molecule has 0 unspecified atom stereocenters. The summed E-state index contributed by atoms with van der Waals surface area (Å²) in [5, 5.41) is 6.91. The predicted molar refractivity (Wildman–Crippen MR) is 88.5 cm³/mol. The van der Waals surface area contributed by atoms with Crippen LogP contribution in [0.2, 0.25) is 0 Å². The number of hydrogen-bond donors (Lipinski definition) is 1. The van der Waals surface area contributed by atoms with Gasteiger partial charge in [-0.2, -0.15) is 0 Å². The van der Waals surface area contributed by atoms with Gasteiger partial charge in [-0.15, -0.1) is 28.3 Å². The molecule has 19 heavy (non-hydrogen) atoms. The quantitative estimate of drug-likeness (QED) is 0.929. The molecular weight excluding hydrogens is 322 g/mol. The molecule has 0 atom stereocenters. The van der Waals surface area contributed by atoms with Gasteiger partial charge in [0.1, 0.15) is 0 Å². The molecule has 1 aromatic carbocycles. The molecule has 0 saturated heterocycles. The highest BCUT2D eigenvalue weighted by molar-refractivity contribution is 8.93. The summed E-state index contributed by atoms with van der Waals surface area (Å²) < 4.78 is 1.35. The van der Waals surface area contributed by atoms with E-state index in [1.54, 1.807) is 11.3 Å². The third-order valence-corrected chi connectivity index (χ3v) is 4.18. The first-order valence-corrected chi connectivity index (χ1v) is 7.24. The van der Waals surface area contributed by atoms with Gasteiger partial charge >= 0.3 is 0 Å². The van der Waals surface area contributed by atoms with Crippen molar-refractivity contribution in [3.8, 4) is 0 Å². The smallest absolute Gasteiger partial charge is 0.194 e. The molecule has 0 saturated carbocycles. The first kappa shape index (κ1) is 14.3. The third-order valence-electron chi connectivity index (χ3n) is 3.28. The van der Waals surface area contributed by atoms with E-state index >= 15 is 0 Å². The topological polar surface area (TPSA) is 27.6 Å². The zero-order chi connectivity index (χ0) is 12.4. The summed E-state index contributed by atoms with van der Waals surface area (Å²) in [7, 11) is 0. The highest BCUT2D eigenvalue weighted by Gasteiger charge is 2.13. The van der Waals surface area contributed by atoms with Crippen molar-refractivity contribution < 1.29 is 0 Å². The van der Waals surface area contributed by atoms with E-state index in [1.807, 2.05) is 0 Å². The molecular formula is C14H18BrN3S. The van der Waals surface area contributed by atoms with Crippen LogP contribution in [0.15, 0.2) is 34.6 Å². The van der Waals surface area contributed by atoms with E-state index in [2.05, 4.69) is 51.8 Å². The molecule has 3 nitrogen and oxygen atoms in total. The number of hydrogen-bond acceptors (Lipinski definition) is 4. The Morgan fingerprint density at radius 1 is 1.37 bits per heavy atom. The van der Waals surface area contributed by atoms with Gasteiger partial charge < -0.3 is 10.2 Å². The zero-order valence-corrected chi connectivity index (χ0v) is 13.5. The first-order valence-electron chi connectivity index (χ1n) is 6.36. The lowest BCUT2D eigenvalue weighted by atomic mass is 10.2. The Morgan fingerprint density at radius 2 is 2.26 bits per heavy atom. The summed E-state index contributed by atoms with van der Waals surface area (Å²) in [5.74, 6) is 1.04. The third kappa shape index (κ3) is 3.09. The molecule has 102 valence electrons. The molecule has 1 aromatic heterocycles. The van der Waals surface area contributed by atoms with Crippen LogP contribution in [0.5, 0.6) is 0 Å². The number of fused-ring (bicyclic) bond motifs is 1. The van der Waals surface area contributed by atoms with Crippen LogP contribution < -0.4 is 5.32 Å². The van der Waals surface area contributed by atoms with Gasteiger partial charge in [0.25, 0.3) is 0 Å². The van der Waals surface area contributed by atoms with E-state index in [-0.39, 0.29) is 17.0 Å². The first-order chi connectivity index (χ1) is 8.86. The maximum Gasteiger partial charge on any atom is 0.194 e. The van der Waals surface area contributed by atoms with Crippen LogP contribution in [-0.2, 0) is 6.54 Å². The second-order valence-electron chi connectivity index (χ2n) is 4.43. The van der Waals surface area contributed by atoms with E-state index in [1.165, 1.54) is 15.6 Å². The fourth-order valence-corrected chi connectivity index (χ4v) is 3.04. The van der Waals surface area contributed by atoms with Crippen molar-refractivity contribution in [2.75, 3.05) is 19.6 Å². The van der Waals surface area contributed by atoms with Gasteiger partial charge in [0.05, 0.1) is 6.54 Å². The second kappa shape index (κ2) is 6.39. The fraction of sp³-hybridized carbons (Fsp3) is 0.357. The minimum atomic E-state index is 0. The normalized spacial score (nSPS) is 14.4. The number of halogens is 1. The molecule has 0 fully saturated rings. The largest absolute Gasteiger partial charge is 0.352 e. The van der Waals surface area contributed by atoms with E-state index < -0.39 is 0 Å². The van der Waals surface area contributed by atoms with Crippen molar-refractivity contribution in [2.45, 2.75) is 13.5 Å². The van der Waals surface area contributed by atoms with Crippen molar-refractivity contribution in [1.29, 1.82) is 0 Å². The second-order valence-corrected chi connectivity index (χ2v) is 5.38. The summed E-state index contributed by atoms with van der Waals surface area (Å²) in [4.78, 5) is 6.77. The lowest BCUT2D eigenvalue weighted by molar-refractivity contribution is 0.466. The standard InChI is InChI=1S/C14H17N3S.BrH/c1-2-17-7-6-15-14(17)16-10-11-3-4-13-12(9-11)5-8-18-13;/h3-5,8-9H,2,6-7,10H2,1H3,(H,15,16);1H. The van der Waals surface area contributed by atoms with Gasteiger partial charge in [0.2, 0.25) is 0 Å². The van der Waals surface area contributed by atoms with Gasteiger partial charge in [-0.25, -0.2) is 0 Å². The van der Waals surface area contributed by atoms with Crippen molar-refractivity contribution in [2.24, 2.45) is 4.99 Å². The maximum absolute atomic E-state index is 4.49. The summed E-state index contributed by atoms with van der Waals surface area (Å²) in [6.45, 7) is 6.00. The Hall–Kier alpha value is -1.07. The van der Waals surface area contributed by atoms with E-state index in [0.29, 0.717) is 0 Å². The lowest BCUT2D eigenvalue weighted by Crippen LogP contribution is -2.37. The Morgan fingerprint density at radius 3 is 3.11 bits per heavy atom. The van der Waals surface area contributed by atoms with Crippen LogP contribution in [0.1, 0.15) is 12.5 Å². The zero-order valence-electron chi connectivity index (χ0n) is 10.9. The fourth-order valence-electron chi connectivity index (χ4n) is 2.27. The number of aliphatic imine (C=N–C) groups is 1. The number of nitrogens with zero attached hydrogens (tertiary/aromatic N) is 2. The molecule has 2 aromatic rings. The van der Waals surface area contributed by atoms with Gasteiger partial charge in [0, 0.05) is 24.3 Å². The van der Waals surface area contributed by atoms with Gasteiger partial charge in [-0.3, -0.25) is 4.99 Å². The number of benzene rings is 1. The number of likely N-dealkylation sites (N-methyl/N-ethyl adjacent to an activating group) is 1. The minimum absolute atomic E-state index is 0. The molecule has 1 aliphatic heterocycles. The van der Waals surface area contributed by atoms with Gasteiger partial charge in [-0.1, -0.05) is 6.07 Å². The van der Waals surface area contributed by atoms with Crippen LogP contribution in [0, 0.1) is 0 Å². The van der Waals surface area contributed by atoms with Crippen LogP contribution in [0.4, 0.5) is 0 Å². The highest BCUT2D eigenvalue weighted by atomic mass is 79.9. The molecule has 0 spiro atoms. The summed E-state index contributed by atoms with van der Waals surface area (Å²) in [5.41, 5.74) is 1.31. The molecule has 0 bridgehead atoms. The monoisotopic (exact) mass is 339 g/mol. The number of thiophene rings is 1. The summed E-state index contributed by atoms with van der Waals surface area (Å²) in [6.07, 6.45) is 0. The van der Waals surface area contributed by atoms with Gasteiger partial charge in [-0.05, 0) is 41.5 Å². The molecule has 0 radical (unpaired) electrons. The Kier molecular flexibility index (Phi) is 4.82. The molecule has 0 aliphatic carbocycles. The molecule has 2 heterocycles. The molecule has 1 aliphatic rings. The van der Waals surface area contributed by atoms with Crippen molar-refractivity contribution in [3.05, 3.63) is 35.2 Å². The Balaban J connectivity index is 0.00000133. The summed E-state index contributed by atoms with van der Waals surface area (Å²) in [6, 6.07) is 8.82. The van der Waals surface area contributed by atoms with Crippen molar-refractivity contribution >= 4 is 44.4 Å². The van der Waals surface area contributed by atoms with Crippen molar-refractivity contribution in [1.82, 2.24) is 10.2 Å². The van der Waals surface area contributed by atoms with E-state index in [4.69, 9.17) is 0 Å². The van der Waals surface area contributed by atoms with Crippen LogP contribution in [0.3, 0.4) is 0 Å². The molecule has 1 N–H and O–H groups in total. The maximum atomic E-state index is 4.49. The highest BCUT2D eigenvalue weighted by Crippen LogP contribution is 2.21. The van der Waals surface area contributed by atoms with Crippen LogP contribution >= 0.6 is 28.3 Å². The van der Waals surface area contributed by atoms with Crippen LogP contribution in [0.25, 0.3) is 10.1 Å². The van der Waals surface area contributed by atoms with E-state index in [9.17, 15) is 0 Å². The number of nitrogens with one attached hydrogen (secondary N) is 1. The average molecular weight is 340 g/mol. The Bertz CT molecular complexity index is 579. The molecule has 5 heteroatoms. The van der Waals surface area contributed by atoms with Crippen LogP contribution in [-0.4, -0.2) is 30.5 Å². The number of guanidine groups is 1. The predicted octanol–water partition coefficient (Wildman–Crippen LogP) is 3.26. The molecule has 0 amide bonds. The summed E-state index contributed by atoms with van der Waals surface area (Å²) >= 11 is 1.79. The SMILES string of the molecule is Br.CCN1CCN=C1NCc1ccc2sccc2c1. The minimum Gasteiger partial charge on any atom is -0.352 e. The molecule has 3 rings (SSSR count). The van der Waals surface area contributed by atoms with E-state index in [0.717, 1.165) is 32.1 Å². The number of rotatable bonds is 3. The lowest BCUT2D eigenvalue weighted by Gasteiger charge is -2.18. The average Bonchev–Trinajstić information content (AvgIpc) is 3.04. The Labute approximate surface area is 128 Å².